The first kappa shape index (κ1) is 19.1. The molecule has 0 spiro atoms. The van der Waals surface area contributed by atoms with E-state index in [1.807, 2.05) is 18.4 Å². The van der Waals surface area contributed by atoms with Gasteiger partial charge >= 0.3 is 5.97 Å². The second kappa shape index (κ2) is 8.35. The molecule has 1 atom stereocenters. The second-order valence-corrected chi connectivity index (χ2v) is 7.53. The molecular formula is C20H22N2O4S. The minimum Gasteiger partial charge on any atom is -0.465 e. The summed E-state index contributed by atoms with van der Waals surface area (Å²) in [5, 5.41) is 4.78. The number of aryl methyl sites for hydroxylation is 1. The number of hydrogen-bond donors (Lipinski definition) is 1. The number of likely N-dealkylation sites (tertiary alicyclic amines) is 1. The van der Waals surface area contributed by atoms with Crippen molar-refractivity contribution >= 4 is 34.8 Å². The molecule has 2 aromatic rings. The largest absolute Gasteiger partial charge is 0.465 e. The summed E-state index contributed by atoms with van der Waals surface area (Å²) < 4.78 is 4.73. The average Bonchev–Trinajstić information content (AvgIpc) is 3.23. The third-order valence-corrected chi connectivity index (χ3v) is 5.59. The van der Waals surface area contributed by atoms with Crippen molar-refractivity contribution in [3.8, 4) is 0 Å². The van der Waals surface area contributed by atoms with Crippen molar-refractivity contribution in [3.63, 3.8) is 0 Å². The second-order valence-electron chi connectivity index (χ2n) is 6.58. The maximum Gasteiger partial charge on any atom is 0.337 e. The molecule has 0 aliphatic carbocycles. The van der Waals surface area contributed by atoms with Crippen LogP contribution in [0.4, 0.5) is 5.69 Å². The summed E-state index contributed by atoms with van der Waals surface area (Å²) in [7, 11) is 1.32. The van der Waals surface area contributed by atoms with E-state index < -0.39 is 5.97 Å². The molecule has 0 radical (unpaired) electrons. The highest BCUT2D eigenvalue weighted by atomic mass is 32.1. The Hall–Kier alpha value is -2.67. The number of carbonyl (C=O) groups excluding carboxylic acids is 3. The summed E-state index contributed by atoms with van der Waals surface area (Å²) >= 11 is 1.41. The number of hydrogen-bond acceptors (Lipinski definition) is 5. The molecule has 2 heterocycles. The molecule has 2 amide bonds. The summed E-state index contributed by atoms with van der Waals surface area (Å²) in [6.45, 7) is 2.93. The van der Waals surface area contributed by atoms with Gasteiger partial charge in [0, 0.05) is 18.8 Å². The summed E-state index contributed by atoms with van der Waals surface area (Å²) in [5.41, 5.74) is 1.83. The minimum absolute atomic E-state index is 0.0219. The van der Waals surface area contributed by atoms with Gasteiger partial charge in [-0.05, 0) is 48.9 Å². The van der Waals surface area contributed by atoms with Gasteiger partial charge in [0.15, 0.2) is 0 Å². The van der Waals surface area contributed by atoms with Gasteiger partial charge in [-0.1, -0.05) is 12.1 Å². The Morgan fingerprint density at radius 1 is 1.26 bits per heavy atom. The highest BCUT2D eigenvalue weighted by molar-refractivity contribution is 7.12. The van der Waals surface area contributed by atoms with Crippen molar-refractivity contribution in [1.82, 2.24) is 4.90 Å². The number of nitrogens with one attached hydrogen (secondary N) is 1. The number of methoxy groups -OCH3 is 1. The van der Waals surface area contributed by atoms with Gasteiger partial charge in [0.2, 0.25) is 5.91 Å². The van der Waals surface area contributed by atoms with Gasteiger partial charge in [0.1, 0.15) is 0 Å². The van der Waals surface area contributed by atoms with Crippen LogP contribution in [0.5, 0.6) is 0 Å². The molecule has 142 valence electrons. The first-order valence-corrected chi connectivity index (χ1v) is 9.70. The minimum atomic E-state index is -0.448. The summed E-state index contributed by atoms with van der Waals surface area (Å²) in [6, 6.07) is 8.71. The van der Waals surface area contributed by atoms with E-state index in [1.54, 1.807) is 29.2 Å². The number of anilines is 1. The van der Waals surface area contributed by atoms with Crippen molar-refractivity contribution in [3.05, 3.63) is 51.7 Å². The lowest BCUT2D eigenvalue weighted by Crippen LogP contribution is -2.43. The van der Waals surface area contributed by atoms with Crippen LogP contribution in [-0.4, -0.2) is 42.9 Å². The Morgan fingerprint density at radius 2 is 2.07 bits per heavy atom. The van der Waals surface area contributed by atoms with Crippen molar-refractivity contribution in [1.29, 1.82) is 0 Å². The quantitative estimate of drug-likeness (QED) is 0.818. The maximum absolute atomic E-state index is 12.8. The van der Waals surface area contributed by atoms with E-state index in [-0.39, 0.29) is 17.7 Å². The van der Waals surface area contributed by atoms with Gasteiger partial charge in [-0.15, -0.1) is 11.3 Å². The first-order chi connectivity index (χ1) is 13.0. The molecule has 27 heavy (non-hydrogen) atoms. The maximum atomic E-state index is 12.8. The molecule has 0 saturated carbocycles. The van der Waals surface area contributed by atoms with E-state index in [0.717, 1.165) is 18.4 Å². The third kappa shape index (κ3) is 4.36. The molecular weight excluding hydrogens is 364 g/mol. The van der Waals surface area contributed by atoms with Crippen molar-refractivity contribution in [2.75, 3.05) is 25.5 Å². The lowest BCUT2D eigenvalue weighted by atomic mass is 9.96. The zero-order valence-corrected chi connectivity index (χ0v) is 16.2. The predicted molar refractivity (Wildman–Crippen MR) is 104 cm³/mol. The number of nitrogens with zero attached hydrogens (tertiary/aromatic N) is 1. The Labute approximate surface area is 162 Å². The van der Waals surface area contributed by atoms with Crippen LogP contribution in [0.3, 0.4) is 0 Å². The topological polar surface area (TPSA) is 75.7 Å². The van der Waals surface area contributed by atoms with Crippen LogP contribution in [0.25, 0.3) is 0 Å². The molecule has 1 fully saturated rings. The highest BCUT2D eigenvalue weighted by Gasteiger charge is 2.29. The molecule has 0 unspecified atom stereocenters. The molecule has 1 saturated heterocycles. The van der Waals surface area contributed by atoms with E-state index in [4.69, 9.17) is 4.74 Å². The molecule has 0 bridgehead atoms. The zero-order chi connectivity index (χ0) is 19.4. The SMILES string of the molecule is COC(=O)c1ccc(C)c(NC(=O)[C@@H]2CCCN(C(=O)c3cccs3)C2)c1. The standard InChI is InChI=1S/C20H22N2O4S/c1-13-7-8-14(20(25)26-2)11-16(13)21-18(23)15-5-3-9-22(12-15)19(24)17-6-4-10-27-17/h4,6-8,10-11,15H,3,5,9,12H2,1-2H3,(H,21,23)/t15-/m1/s1. The molecule has 1 aliphatic heterocycles. The fourth-order valence-corrected chi connectivity index (χ4v) is 3.86. The lowest BCUT2D eigenvalue weighted by Gasteiger charge is -2.32. The highest BCUT2D eigenvalue weighted by Crippen LogP contribution is 2.23. The first-order valence-electron chi connectivity index (χ1n) is 8.82. The molecule has 1 aliphatic rings. The van der Waals surface area contributed by atoms with E-state index in [1.165, 1.54) is 18.4 Å². The van der Waals surface area contributed by atoms with Crippen LogP contribution in [-0.2, 0) is 9.53 Å². The number of thiophene rings is 1. The Balaban J connectivity index is 1.69. The Bertz CT molecular complexity index is 848. The number of piperidine rings is 1. The normalized spacial score (nSPS) is 16.7. The number of amides is 2. The number of rotatable bonds is 4. The third-order valence-electron chi connectivity index (χ3n) is 4.73. The summed E-state index contributed by atoms with van der Waals surface area (Å²) in [4.78, 5) is 39.5. The van der Waals surface area contributed by atoms with Crippen LogP contribution < -0.4 is 5.32 Å². The average molecular weight is 386 g/mol. The van der Waals surface area contributed by atoms with Gasteiger partial charge in [0.25, 0.3) is 5.91 Å². The number of carbonyl (C=O) groups is 3. The van der Waals surface area contributed by atoms with Crippen LogP contribution in [0.15, 0.2) is 35.7 Å². The van der Waals surface area contributed by atoms with Crippen molar-refractivity contribution in [2.24, 2.45) is 5.92 Å². The van der Waals surface area contributed by atoms with Gasteiger partial charge in [-0.3, -0.25) is 9.59 Å². The van der Waals surface area contributed by atoms with Crippen LogP contribution >= 0.6 is 11.3 Å². The zero-order valence-electron chi connectivity index (χ0n) is 15.4. The number of ether oxygens (including phenoxy) is 1. The van der Waals surface area contributed by atoms with E-state index in [2.05, 4.69) is 5.32 Å². The van der Waals surface area contributed by atoms with Gasteiger partial charge in [-0.2, -0.15) is 0 Å². The predicted octanol–water partition coefficient (Wildman–Crippen LogP) is 3.33. The van der Waals surface area contributed by atoms with Gasteiger partial charge in [0.05, 0.1) is 23.5 Å². The van der Waals surface area contributed by atoms with Gasteiger partial charge < -0.3 is 15.0 Å². The Kier molecular flexibility index (Phi) is 5.91. The van der Waals surface area contributed by atoms with E-state index >= 15 is 0 Å². The fraction of sp³-hybridized carbons (Fsp3) is 0.350. The Morgan fingerprint density at radius 3 is 2.78 bits per heavy atom. The van der Waals surface area contributed by atoms with Crippen LogP contribution in [0.1, 0.15) is 38.4 Å². The van der Waals surface area contributed by atoms with Crippen molar-refractivity contribution < 1.29 is 19.1 Å². The molecule has 7 heteroatoms. The van der Waals surface area contributed by atoms with Crippen LogP contribution in [0, 0.1) is 12.8 Å². The summed E-state index contributed by atoms with van der Waals surface area (Å²) in [6.07, 6.45) is 1.52. The molecule has 1 aromatic heterocycles. The number of esters is 1. The lowest BCUT2D eigenvalue weighted by molar-refractivity contribution is -0.121. The molecule has 6 nitrogen and oxygen atoms in total. The molecule has 1 N–H and O–H groups in total. The van der Waals surface area contributed by atoms with Crippen molar-refractivity contribution in [2.45, 2.75) is 19.8 Å². The smallest absolute Gasteiger partial charge is 0.337 e. The van der Waals surface area contributed by atoms with E-state index in [0.29, 0.717) is 29.2 Å². The van der Waals surface area contributed by atoms with Gasteiger partial charge in [-0.25, -0.2) is 4.79 Å². The summed E-state index contributed by atoms with van der Waals surface area (Å²) in [5.74, 6) is -0.880. The van der Waals surface area contributed by atoms with Crippen LogP contribution in [0.2, 0.25) is 0 Å². The molecule has 1 aromatic carbocycles. The fourth-order valence-electron chi connectivity index (χ4n) is 3.17. The number of benzene rings is 1. The van der Waals surface area contributed by atoms with E-state index in [9.17, 15) is 14.4 Å². The monoisotopic (exact) mass is 386 g/mol. The molecule has 3 rings (SSSR count).